The standard InChI is InChI=1S/C8H10N4O2/c9-7(13)5-3-1-2-4-6(5)8(14)11-12-10/h1-4,12H,10H2,(H2,9,13)(H,11,14). The molecular weight excluding hydrogens is 184 g/mol. The number of hydrazine groups is 2. The van der Waals surface area contributed by atoms with Crippen LogP contribution >= 0.6 is 0 Å². The summed E-state index contributed by atoms with van der Waals surface area (Å²) in [6, 6.07) is 6.19. The van der Waals surface area contributed by atoms with E-state index in [4.69, 9.17) is 11.6 Å². The molecule has 6 N–H and O–H groups in total. The lowest BCUT2D eigenvalue weighted by molar-refractivity contribution is 0.0919. The number of primary amides is 1. The maximum absolute atomic E-state index is 11.3. The van der Waals surface area contributed by atoms with Crippen molar-refractivity contribution >= 4 is 11.8 Å². The Kier molecular flexibility index (Phi) is 3.16. The molecule has 14 heavy (non-hydrogen) atoms. The number of nitrogens with two attached hydrogens (primary N) is 2. The highest BCUT2D eigenvalue weighted by Gasteiger charge is 2.13. The molecule has 0 radical (unpaired) electrons. The zero-order valence-electron chi connectivity index (χ0n) is 7.28. The Morgan fingerprint density at radius 2 is 1.71 bits per heavy atom. The van der Waals surface area contributed by atoms with Gasteiger partial charge in [-0.15, -0.1) is 0 Å². The lowest BCUT2D eigenvalue weighted by atomic mass is 10.1. The second-order valence-electron chi connectivity index (χ2n) is 2.51. The summed E-state index contributed by atoms with van der Waals surface area (Å²) >= 11 is 0. The Bertz CT molecular complexity index is 364. The van der Waals surface area contributed by atoms with Gasteiger partial charge in [0.05, 0.1) is 11.1 Å². The number of amides is 2. The minimum Gasteiger partial charge on any atom is -0.366 e. The molecule has 0 heterocycles. The van der Waals surface area contributed by atoms with E-state index in [9.17, 15) is 9.59 Å². The largest absolute Gasteiger partial charge is 0.366 e. The number of hydrogen-bond donors (Lipinski definition) is 4. The molecule has 0 spiro atoms. The van der Waals surface area contributed by atoms with Crippen LogP contribution in [0.5, 0.6) is 0 Å². The number of carbonyl (C=O) groups is 2. The first-order chi connectivity index (χ1) is 6.66. The van der Waals surface area contributed by atoms with E-state index >= 15 is 0 Å². The normalized spacial score (nSPS) is 9.50. The van der Waals surface area contributed by atoms with Crippen molar-refractivity contribution in [3.63, 3.8) is 0 Å². The molecule has 0 aliphatic carbocycles. The molecular formula is C8H10N4O2. The number of rotatable bonds is 3. The van der Waals surface area contributed by atoms with Crippen LogP contribution in [0.25, 0.3) is 0 Å². The van der Waals surface area contributed by atoms with E-state index in [1.807, 2.05) is 5.53 Å². The van der Waals surface area contributed by atoms with Gasteiger partial charge in [0.15, 0.2) is 0 Å². The van der Waals surface area contributed by atoms with Crippen molar-refractivity contribution in [2.75, 3.05) is 0 Å². The SMILES string of the molecule is NNNC(=O)c1ccccc1C(N)=O. The van der Waals surface area contributed by atoms with Gasteiger partial charge in [0.1, 0.15) is 0 Å². The molecule has 6 heteroatoms. The molecule has 0 fully saturated rings. The van der Waals surface area contributed by atoms with Crippen molar-refractivity contribution < 1.29 is 9.59 Å². The van der Waals surface area contributed by atoms with E-state index in [-0.39, 0.29) is 11.1 Å². The van der Waals surface area contributed by atoms with Gasteiger partial charge in [0.2, 0.25) is 5.91 Å². The molecule has 1 aromatic rings. The predicted octanol–water partition coefficient (Wildman–Crippen LogP) is -1.11. The van der Waals surface area contributed by atoms with Gasteiger partial charge in [-0.2, -0.15) is 5.53 Å². The Labute approximate surface area is 80.2 Å². The smallest absolute Gasteiger partial charge is 0.267 e. The van der Waals surface area contributed by atoms with Gasteiger partial charge in [-0.25, -0.2) is 0 Å². The van der Waals surface area contributed by atoms with Crippen molar-refractivity contribution in [1.82, 2.24) is 11.0 Å². The lowest BCUT2D eigenvalue weighted by Gasteiger charge is -2.05. The van der Waals surface area contributed by atoms with Gasteiger partial charge in [0, 0.05) is 0 Å². The van der Waals surface area contributed by atoms with E-state index in [0.717, 1.165) is 0 Å². The third kappa shape index (κ3) is 2.06. The Balaban J connectivity index is 3.07. The Morgan fingerprint density at radius 1 is 1.14 bits per heavy atom. The molecule has 0 atom stereocenters. The van der Waals surface area contributed by atoms with Crippen molar-refractivity contribution in [3.05, 3.63) is 35.4 Å². The van der Waals surface area contributed by atoms with Crippen LogP contribution in [0, 0.1) is 0 Å². The summed E-state index contributed by atoms with van der Waals surface area (Å²) in [6.45, 7) is 0. The molecule has 0 saturated heterocycles. The molecule has 74 valence electrons. The van der Waals surface area contributed by atoms with Crippen molar-refractivity contribution in [2.45, 2.75) is 0 Å². The van der Waals surface area contributed by atoms with Gasteiger partial charge in [0.25, 0.3) is 5.91 Å². The average molecular weight is 194 g/mol. The third-order valence-electron chi connectivity index (χ3n) is 1.62. The monoisotopic (exact) mass is 194 g/mol. The quantitative estimate of drug-likeness (QED) is 0.361. The summed E-state index contributed by atoms with van der Waals surface area (Å²) in [7, 11) is 0. The number of carbonyl (C=O) groups excluding carboxylic acids is 2. The highest BCUT2D eigenvalue weighted by Crippen LogP contribution is 2.06. The Morgan fingerprint density at radius 3 is 2.21 bits per heavy atom. The predicted molar refractivity (Wildman–Crippen MR) is 49.7 cm³/mol. The second-order valence-corrected chi connectivity index (χ2v) is 2.51. The van der Waals surface area contributed by atoms with E-state index in [0.29, 0.717) is 0 Å². The number of benzene rings is 1. The minimum absolute atomic E-state index is 0.153. The van der Waals surface area contributed by atoms with E-state index < -0.39 is 11.8 Å². The molecule has 0 aliphatic heterocycles. The molecule has 0 unspecified atom stereocenters. The number of hydrogen-bond acceptors (Lipinski definition) is 4. The van der Waals surface area contributed by atoms with Crippen LogP contribution in [0.1, 0.15) is 20.7 Å². The van der Waals surface area contributed by atoms with Crippen LogP contribution in [0.4, 0.5) is 0 Å². The van der Waals surface area contributed by atoms with E-state index in [2.05, 4.69) is 5.43 Å². The first kappa shape index (κ1) is 10.2. The van der Waals surface area contributed by atoms with E-state index in [1.54, 1.807) is 12.1 Å². The van der Waals surface area contributed by atoms with Crippen LogP contribution in [0.15, 0.2) is 24.3 Å². The maximum atomic E-state index is 11.3. The molecule has 0 aliphatic rings. The fourth-order valence-electron chi connectivity index (χ4n) is 1.03. The van der Waals surface area contributed by atoms with E-state index in [1.165, 1.54) is 12.1 Å². The summed E-state index contributed by atoms with van der Waals surface area (Å²) in [5.74, 6) is 3.72. The average Bonchev–Trinajstić information content (AvgIpc) is 2.18. The lowest BCUT2D eigenvalue weighted by Crippen LogP contribution is -2.42. The highest BCUT2D eigenvalue weighted by atomic mass is 16.2. The zero-order valence-corrected chi connectivity index (χ0v) is 7.28. The second kappa shape index (κ2) is 4.35. The van der Waals surface area contributed by atoms with Crippen LogP contribution in [-0.2, 0) is 0 Å². The topological polar surface area (TPSA) is 110 Å². The molecule has 1 rings (SSSR count). The third-order valence-corrected chi connectivity index (χ3v) is 1.62. The minimum atomic E-state index is -0.659. The molecule has 1 aromatic carbocycles. The van der Waals surface area contributed by atoms with Crippen molar-refractivity contribution in [1.29, 1.82) is 0 Å². The number of nitrogens with one attached hydrogen (secondary N) is 2. The molecule has 2 amide bonds. The van der Waals surface area contributed by atoms with Crippen molar-refractivity contribution in [3.8, 4) is 0 Å². The van der Waals surface area contributed by atoms with Crippen LogP contribution in [0.3, 0.4) is 0 Å². The maximum Gasteiger partial charge on any atom is 0.267 e. The van der Waals surface area contributed by atoms with Crippen LogP contribution < -0.4 is 22.5 Å². The Hall–Kier alpha value is -1.92. The molecule has 0 saturated carbocycles. The van der Waals surface area contributed by atoms with Gasteiger partial charge in [-0.05, 0) is 12.1 Å². The summed E-state index contributed by atoms with van der Waals surface area (Å²) in [6.07, 6.45) is 0. The highest BCUT2D eigenvalue weighted by molar-refractivity contribution is 6.06. The van der Waals surface area contributed by atoms with Gasteiger partial charge >= 0.3 is 0 Å². The first-order valence-electron chi connectivity index (χ1n) is 3.81. The summed E-state index contributed by atoms with van der Waals surface area (Å²) < 4.78 is 0. The van der Waals surface area contributed by atoms with Crippen molar-refractivity contribution in [2.24, 2.45) is 11.6 Å². The molecule has 0 aromatic heterocycles. The zero-order chi connectivity index (χ0) is 10.6. The fraction of sp³-hybridized carbons (Fsp3) is 0. The van der Waals surface area contributed by atoms with Crippen LogP contribution in [0.2, 0.25) is 0 Å². The summed E-state index contributed by atoms with van der Waals surface area (Å²) in [4.78, 5) is 22.2. The van der Waals surface area contributed by atoms with Gasteiger partial charge < -0.3 is 5.73 Å². The fourth-order valence-corrected chi connectivity index (χ4v) is 1.03. The van der Waals surface area contributed by atoms with Gasteiger partial charge in [-0.1, -0.05) is 12.1 Å². The van der Waals surface area contributed by atoms with Crippen LogP contribution in [-0.4, -0.2) is 11.8 Å². The van der Waals surface area contributed by atoms with Gasteiger partial charge in [-0.3, -0.25) is 20.9 Å². The molecule has 0 bridgehead atoms. The summed E-state index contributed by atoms with van der Waals surface area (Å²) in [5, 5.41) is 0. The first-order valence-corrected chi connectivity index (χ1v) is 3.81. The summed E-state index contributed by atoms with van der Waals surface area (Å²) in [5.41, 5.74) is 9.53. The molecule has 6 nitrogen and oxygen atoms in total.